The lowest BCUT2D eigenvalue weighted by Gasteiger charge is -2.07. The van der Waals surface area contributed by atoms with Gasteiger partial charge in [-0.1, -0.05) is 82.5 Å². The molecule has 1 aromatic carbocycles. The summed E-state index contributed by atoms with van der Waals surface area (Å²) in [6.07, 6.45) is 17.3. The molecule has 184 valence electrons. The number of ether oxygens (including phenoxy) is 2. The molecule has 5 nitrogen and oxygen atoms in total. The van der Waals surface area contributed by atoms with Gasteiger partial charge in [-0.2, -0.15) is 0 Å². The molecule has 0 aliphatic rings. The molecule has 0 spiro atoms. The van der Waals surface area contributed by atoms with Crippen molar-refractivity contribution < 1.29 is 14.3 Å². The van der Waals surface area contributed by atoms with E-state index in [0.717, 1.165) is 53.6 Å². The summed E-state index contributed by atoms with van der Waals surface area (Å²) >= 11 is 1.71. The predicted octanol–water partition coefficient (Wildman–Crippen LogP) is 7.78. The number of carbonyl (C=O) groups is 1. The highest BCUT2D eigenvalue weighted by molar-refractivity contribution is 7.14. The van der Waals surface area contributed by atoms with Gasteiger partial charge in [0.25, 0.3) is 0 Å². The topological polar surface area (TPSA) is 61.3 Å². The monoisotopic (exact) mass is 474 g/mol. The molecule has 1 aromatic heterocycles. The molecule has 0 radical (unpaired) electrons. The van der Waals surface area contributed by atoms with Crippen LogP contribution >= 0.6 is 11.3 Å². The summed E-state index contributed by atoms with van der Waals surface area (Å²) in [5.41, 5.74) is 1.11. The number of methoxy groups -OCH3 is 1. The normalized spacial score (nSPS) is 11.0. The molecule has 0 aliphatic carbocycles. The number of carbonyl (C=O) groups excluding carboxylic acids is 1. The van der Waals surface area contributed by atoms with Crippen LogP contribution in [0.3, 0.4) is 0 Å². The lowest BCUT2D eigenvalue weighted by atomic mass is 10.1. The van der Waals surface area contributed by atoms with E-state index in [1.807, 2.05) is 12.1 Å². The van der Waals surface area contributed by atoms with Crippen LogP contribution in [0.1, 0.15) is 102 Å². The molecular formula is C27H42N2O3S. The first-order chi connectivity index (χ1) is 16.2. The number of aryl methyl sites for hydroxylation is 1. The van der Waals surface area contributed by atoms with Gasteiger partial charge in [0.2, 0.25) is 0 Å². The van der Waals surface area contributed by atoms with Crippen molar-refractivity contribution in [1.82, 2.24) is 10.2 Å². The van der Waals surface area contributed by atoms with Gasteiger partial charge in [0, 0.05) is 18.4 Å². The first-order valence-corrected chi connectivity index (χ1v) is 13.7. The van der Waals surface area contributed by atoms with Gasteiger partial charge >= 0.3 is 5.97 Å². The molecule has 6 heteroatoms. The van der Waals surface area contributed by atoms with Crippen molar-refractivity contribution in [2.45, 2.75) is 103 Å². The summed E-state index contributed by atoms with van der Waals surface area (Å²) in [6, 6.07) is 8.24. The zero-order valence-corrected chi connectivity index (χ0v) is 21.5. The second kappa shape index (κ2) is 17.5. The molecule has 0 aliphatic heterocycles. The Hall–Kier alpha value is -1.95. The second-order valence-corrected chi connectivity index (χ2v) is 9.75. The fraction of sp³-hybridized carbons (Fsp3) is 0.667. The first kappa shape index (κ1) is 27.3. The van der Waals surface area contributed by atoms with Crippen LogP contribution in [0, 0.1) is 0 Å². The van der Waals surface area contributed by atoms with Gasteiger partial charge in [0.1, 0.15) is 15.8 Å². The average molecular weight is 475 g/mol. The van der Waals surface area contributed by atoms with Gasteiger partial charge < -0.3 is 9.47 Å². The van der Waals surface area contributed by atoms with Gasteiger partial charge in [-0.05, 0) is 43.5 Å². The van der Waals surface area contributed by atoms with Gasteiger partial charge in [-0.3, -0.25) is 4.79 Å². The highest BCUT2D eigenvalue weighted by Gasteiger charge is 2.07. The quantitative estimate of drug-likeness (QED) is 0.154. The number of nitrogens with zero attached hydrogens (tertiary/aromatic N) is 2. The van der Waals surface area contributed by atoms with Crippen molar-refractivity contribution in [1.29, 1.82) is 0 Å². The van der Waals surface area contributed by atoms with Crippen molar-refractivity contribution in [2.75, 3.05) is 13.7 Å². The molecule has 0 saturated carbocycles. The summed E-state index contributed by atoms with van der Waals surface area (Å²) in [5.74, 6) is 0.826. The van der Waals surface area contributed by atoms with E-state index in [1.165, 1.54) is 71.3 Å². The van der Waals surface area contributed by atoms with Crippen LogP contribution in [0.15, 0.2) is 24.3 Å². The Labute approximate surface area is 204 Å². The SMILES string of the molecule is CCCCCCCc1nnc(-c2ccc(OCCCCCCCCCCC(=O)OC)cc2)s1. The summed E-state index contributed by atoms with van der Waals surface area (Å²) in [5, 5.41) is 10.9. The van der Waals surface area contributed by atoms with Gasteiger partial charge in [0.15, 0.2) is 0 Å². The van der Waals surface area contributed by atoms with Crippen LogP contribution in [0.2, 0.25) is 0 Å². The van der Waals surface area contributed by atoms with E-state index >= 15 is 0 Å². The number of rotatable bonds is 19. The maximum absolute atomic E-state index is 11.0. The van der Waals surface area contributed by atoms with Crippen LogP contribution in [-0.2, 0) is 16.0 Å². The number of hydrogen-bond donors (Lipinski definition) is 0. The summed E-state index contributed by atoms with van der Waals surface area (Å²) < 4.78 is 10.6. The maximum atomic E-state index is 11.0. The van der Waals surface area contributed by atoms with Crippen LogP contribution < -0.4 is 4.74 Å². The molecule has 2 aromatic rings. The van der Waals surface area contributed by atoms with Crippen molar-refractivity contribution in [2.24, 2.45) is 0 Å². The van der Waals surface area contributed by atoms with Crippen LogP contribution in [-0.4, -0.2) is 29.9 Å². The molecule has 0 unspecified atom stereocenters. The third-order valence-electron chi connectivity index (χ3n) is 5.83. The fourth-order valence-corrected chi connectivity index (χ4v) is 4.66. The minimum atomic E-state index is -0.0949. The molecule has 0 N–H and O–H groups in total. The molecule has 0 bridgehead atoms. The Morgan fingerprint density at radius 3 is 2.15 bits per heavy atom. The van der Waals surface area contributed by atoms with Crippen LogP contribution in [0.5, 0.6) is 5.75 Å². The minimum absolute atomic E-state index is 0.0949. The van der Waals surface area contributed by atoms with Crippen molar-refractivity contribution in [3.63, 3.8) is 0 Å². The summed E-state index contributed by atoms with van der Waals surface area (Å²) in [4.78, 5) is 11.0. The van der Waals surface area contributed by atoms with E-state index in [4.69, 9.17) is 4.74 Å². The molecule has 0 atom stereocenters. The minimum Gasteiger partial charge on any atom is -0.494 e. The lowest BCUT2D eigenvalue weighted by molar-refractivity contribution is -0.140. The summed E-state index contributed by atoms with van der Waals surface area (Å²) in [6.45, 7) is 3.01. The van der Waals surface area contributed by atoms with Gasteiger partial charge in [-0.25, -0.2) is 0 Å². The third kappa shape index (κ3) is 12.2. The summed E-state index contributed by atoms with van der Waals surface area (Å²) in [7, 11) is 1.45. The zero-order chi connectivity index (χ0) is 23.6. The van der Waals surface area contributed by atoms with E-state index in [9.17, 15) is 4.79 Å². The van der Waals surface area contributed by atoms with E-state index in [0.29, 0.717) is 6.42 Å². The largest absolute Gasteiger partial charge is 0.494 e. The van der Waals surface area contributed by atoms with Gasteiger partial charge in [0.05, 0.1) is 13.7 Å². The fourth-order valence-electron chi connectivity index (χ4n) is 3.77. The molecule has 1 heterocycles. The predicted molar refractivity (Wildman–Crippen MR) is 137 cm³/mol. The lowest BCUT2D eigenvalue weighted by Crippen LogP contribution is -1.99. The van der Waals surface area contributed by atoms with E-state index < -0.39 is 0 Å². The van der Waals surface area contributed by atoms with E-state index in [-0.39, 0.29) is 5.97 Å². The molecule has 33 heavy (non-hydrogen) atoms. The molecule has 0 amide bonds. The zero-order valence-electron chi connectivity index (χ0n) is 20.7. The van der Waals surface area contributed by atoms with Crippen molar-refractivity contribution in [3.8, 4) is 16.3 Å². The number of aromatic nitrogens is 2. The number of hydrogen-bond acceptors (Lipinski definition) is 6. The number of unbranched alkanes of at least 4 members (excludes halogenated alkanes) is 11. The smallest absolute Gasteiger partial charge is 0.305 e. The Bertz CT molecular complexity index is 761. The second-order valence-electron chi connectivity index (χ2n) is 8.69. The molecule has 0 fully saturated rings. The molecular weight excluding hydrogens is 432 g/mol. The standard InChI is InChI=1S/C27H42N2O3S/c1-3-4-5-10-13-16-25-28-29-27(33-25)23-18-20-24(21-19-23)32-22-15-12-9-7-6-8-11-14-17-26(30)31-2/h18-21H,3-17,22H2,1-2H3. The molecule has 0 saturated heterocycles. The Kier molecular flexibility index (Phi) is 14.5. The highest BCUT2D eigenvalue weighted by Crippen LogP contribution is 2.26. The maximum Gasteiger partial charge on any atom is 0.305 e. The van der Waals surface area contributed by atoms with Crippen molar-refractivity contribution >= 4 is 17.3 Å². The van der Waals surface area contributed by atoms with Gasteiger partial charge in [-0.15, -0.1) is 10.2 Å². The number of benzene rings is 1. The Morgan fingerprint density at radius 1 is 0.818 bits per heavy atom. The van der Waals surface area contributed by atoms with Crippen molar-refractivity contribution in [3.05, 3.63) is 29.3 Å². The highest BCUT2D eigenvalue weighted by atomic mass is 32.1. The Balaban J connectivity index is 1.52. The van der Waals surface area contributed by atoms with E-state index in [1.54, 1.807) is 11.3 Å². The molecule has 2 rings (SSSR count). The average Bonchev–Trinajstić information content (AvgIpc) is 3.31. The van der Waals surface area contributed by atoms with E-state index in [2.05, 4.69) is 34.0 Å². The third-order valence-corrected chi connectivity index (χ3v) is 6.87. The Morgan fingerprint density at radius 2 is 1.45 bits per heavy atom. The van der Waals surface area contributed by atoms with Crippen LogP contribution in [0.4, 0.5) is 0 Å². The first-order valence-electron chi connectivity index (χ1n) is 12.9. The van der Waals surface area contributed by atoms with Crippen LogP contribution in [0.25, 0.3) is 10.6 Å². The number of esters is 1.